The summed E-state index contributed by atoms with van der Waals surface area (Å²) in [6.45, 7) is 13.0. The Morgan fingerprint density at radius 3 is 2.25 bits per heavy atom. The van der Waals surface area contributed by atoms with Crippen LogP contribution in [-0.2, 0) is 16.0 Å². The molecule has 2 aromatic rings. The topological polar surface area (TPSA) is 55.4 Å². The predicted molar refractivity (Wildman–Crippen MR) is 114 cm³/mol. The van der Waals surface area contributed by atoms with Crippen LogP contribution in [0.5, 0.6) is 5.75 Å². The maximum absolute atomic E-state index is 13.7. The average Bonchev–Trinajstić information content (AvgIpc) is 2.64. The van der Waals surface area contributed by atoms with E-state index in [0.717, 1.165) is 11.1 Å². The standard InChI is InChI=1S/C18H17ClFNO3.2C2H6/c1-10-6-11(2)18(24-12(3)22)13(7-10)8-17(23)21-16-9-14(19)4-5-15(16)20;2*1-2/h4-7,9H,8H2,1-3H3,(H,21,23);2*1-2H3. The van der Waals surface area contributed by atoms with E-state index in [2.05, 4.69) is 5.32 Å². The summed E-state index contributed by atoms with van der Waals surface area (Å²) in [4.78, 5) is 23.5. The average molecular weight is 410 g/mol. The van der Waals surface area contributed by atoms with Crippen molar-refractivity contribution in [2.75, 3.05) is 5.32 Å². The fourth-order valence-electron chi connectivity index (χ4n) is 2.42. The third-order valence-corrected chi connectivity index (χ3v) is 3.53. The van der Waals surface area contributed by atoms with Gasteiger partial charge in [-0.15, -0.1) is 0 Å². The lowest BCUT2D eigenvalue weighted by molar-refractivity contribution is -0.132. The molecule has 0 bridgehead atoms. The van der Waals surface area contributed by atoms with Crippen LogP contribution in [0.2, 0.25) is 5.02 Å². The number of amides is 1. The smallest absolute Gasteiger partial charge is 0.308 e. The molecule has 1 N–H and O–H groups in total. The molecule has 0 saturated heterocycles. The van der Waals surface area contributed by atoms with Gasteiger partial charge in [-0.25, -0.2) is 4.39 Å². The molecule has 0 spiro atoms. The number of hydrogen-bond acceptors (Lipinski definition) is 3. The molecule has 0 atom stereocenters. The zero-order valence-corrected chi connectivity index (χ0v) is 18.3. The van der Waals surface area contributed by atoms with Crippen molar-refractivity contribution in [3.8, 4) is 5.75 Å². The lowest BCUT2D eigenvalue weighted by Gasteiger charge is -2.13. The summed E-state index contributed by atoms with van der Waals surface area (Å²) in [5.41, 5.74) is 2.25. The Kier molecular flexibility index (Phi) is 11.8. The molecule has 0 aromatic heterocycles. The number of hydrogen-bond donors (Lipinski definition) is 1. The van der Waals surface area contributed by atoms with E-state index in [9.17, 15) is 14.0 Å². The van der Waals surface area contributed by atoms with E-state index in [4.69, 9.17) is 16.3 Å². The highest BCUT2D eigenvalue weighted by molar-refractivity contribution is 6.30. The first kappa shape index (κ1) is 25.6. The zero-order chi connectivity index (χ0) is 21.9. The van der Waals surface area contributed by atoms with Crippen molar-refractivity contribution in [2.24, 2.45) is 0 Å². The maximum Gasteiger partial charge on any atom is 0.308 e. The van der Waals surface area contributed by atoms with Crippen LogP contribution in [0.4, 0.5) is 10.1 Å². The monoisotopic (exact) mass is 409 g/mol. The van der Waals surface area contributed by atoms with Crippen molar-refractivity contribution in [1.29, 1.82) is 0 Å². The van der Waals surface area contributed by atoms with E-state index in [1.807, 2.05) is 40.7 Å². The fourth-order valence-corrected chi connectivity index (χ4v) is 2.60. The third-order valence-electron chi connectivity index (χ3n) is 3.30. The summed E-state index contributed by atoms with van der Waals surface area (Å²) in [5.74, 6) is -1.12. The molecule has 0 unspecified atom stereocenters. The summed E-state index contributed by atoms with van der Waals surface area (Å²) >= 11 is 5.81. The number of ether oxygens (including phenoxy) is 1. The molecule has 0 saturated carbocycles. The minimum absolute atomic E-state index is 0.00547. The predicted octanol–water partition coefficient (Wildman–Crippen LogP) is 6.25. The molecule has 0 aliphatic carbocycles. The van der Waals surface area contributed by atoms with Crippen molar-refractivity contribution in [3.05, 3.63) is 57.9 Å². The second kappa shape index (κ2) is 12.9. The van der Waals surface area contributed by atoms with Gasteiger partial charge in [0.25, 0.3) is 0 Å². The van der Waals surface area contributed by atoms with Crippen molar-refractivity contribution in [1.82, 2.24) is 0 Å². The van der Waals surface area contributed by atoms with Crippen LogP contribution in [0.25, 0.3) is 0 Å². The number of esters is 1. The van der Waals surface area contributed by atoms with Crippen LogP contribution in [0.1, 0.15) is 51.3 Å². The van der Waals surface area contributed by atoms with Gasteiger partial charge in [-0.1, -0.05) is 57.0 Å². The summed E-state index contributed by atoms with van der Waals surface area (Å²) < 4.78 is 18.9. The molecule has 28 heavy (non-hydrogen) atoms. The Labute approximate surface area is 172 Å². The molecule has 0 fully saturated rings. The van der Waals surface area contributed by atoms with Gasteiger partial charge in [0.2, 0.25) is 5.91 Å². The van der Waals surface area contributed by atoms with Crippen LogP contribution >= 0.6 is 11.6 Å². The quantitative estimate of drug-likeness (QED) is 0.479. The summed E-state index contributed by atoms with van der Waals surface area (Å²) in [5, 5.41) is 2.80. The first-order valence-electron chi connectivity index (χ1n) is 9.29. The van der Waals surface area contributed by atoms with Gasteiger partial charge in [0.1, 0.15) is 11.6 Å². The second-order valence-electron chi connectivity index (χ2n) is 5.51. The van der Waals surface area contributed by atoms with Gasteiger partial charge in [-0.3, -0.25) is 9.59 Å². The highest BCUT2D eigenvalue weighted by Gasteiger charge is 2.15. The SMILES string of the molecule is CC.CC.CC(=O)Oc1c(C)cc(C)cc1CC(=O)Nc1cc(Cl)ccc1F. The number of benzene rings is 2. The molecule has 154 valence electrons. The highest BCUT2D eigenvalue weighted by Crippen LogP contribution is 2.27. The zero-order valence-electron chi connectivity index (χ0n) is 17.6. The number of anilines is 1. The number of rotatable bonds is 4. The Hall–Kier alpha value is -2.40. The van der Waals surface area contributed by atoms with Gasteiger partial charge in [0, 0.05) is 17.5 Å². The van der Waals surface area contributed by atoms with E-state index < -0.39 is 17.7 Å². The van der Waals surface area contributed by atoms with E-state index in [0.29, 0.717) is 16.3 Å². The molecule has 0 radical (unpaired) electrons. The minimum atomic E-state index is -0.576. The van der Waals surface area contributed by atoms with Crippen molar-refractivity contribution >= 4 is 29.2 Å². The minimum Gasteiger partial charge on any atom is -0.426 e. The Balaban J connectivity index is 0.00000171. The van der Waals surface area contributed by atoms with E-state index >= 15 is 0 Å². The number of nitrogens with one attached hydrogen (secondary N) is 1. The molecule has 0 aliphatic rings. The normalized spacial score (nSPS) is 9.32. The van der Waals surface area contributed by atoms with Gasteiger partial charge >= 0.3 is 5.97 Å². The number of carbonyl (C=O) groups excluding carboxylic acids is 2. The first-order chi connectivity index (χ1) is 13.3. The van der Waals surface area contributed by atoms with Gasteiger partial charge in [0.05, 0.1) is 12.1 Å². The summed E-state index contributed by atoms with van der Waals surface area (Å²) in [6, 6.07) is 7.53. The molecule has 2 rings (SSSR count). The summed E-state index contributed by atoms with van der Waals surface area (Å²) in [7, 11) is 0. The molecular weight excluding hydrogens is 381 g/mol. The highest BCUT2D eigenvalue weighted by atomic mass is 35.5. The largest absolute Gasteiger partial charge is 0.426 e. The molecule has 6 heteroatoms. The maximum atomic E-state index is 13.7. The van der Waals surface area contributed by atoms with Crippen LogP contribution in [-0.4, -0.2) is 11.9 Å². The van der Waals surface area contributed by atoms with Crippen LogP contribution in [0.15, 0.2) is 30.3 Å². The lowest BCUT2D eigenvalue weighted by atomic mass is 10.0. The molecule has 0 heterocycles. The second-order valence-corrected chi connectivity index (χ2v) is 5.95. The van der Waals surface area contributed by atoms with E-state index in [1.165, 1.54) is 25.1 Å². The first-order valence-corrected chi connectivity index (χ1v) is 9.67. The number of aryl methyl sites for hydroxylation is 2. The van der Waals surface area contributed by atoms with Crippen LogP contribution < -0.4 is 10.1 Å². The van der Waals surface area contributed by atoms with Crippen molar-refractivity contribution in [2.45, 2.75) is 54.9 Å². The van der Waals surface area contributed by atoms with E-state index in [-0.39, 0.29) is 12.1 Å². The Bertz CT molecular complexity index is 807. The lowest BCUT2D eigenvalue weighted by Crippen LogP contribution is -2.17. The van der Waals surface area contributed by atoms with Crippen molar-refractivity contribution in [3.63, 3.8) is 0 Å². The fraction of sp³-hybridized carbons (Fsp3) is 0.364. The summed E-state index contributed by atoms with van der Waals surface area (Å²) in [6.07, 6.45) is -0.0584. The van der Waals surface area contributed by atoms with Crippen molar-refractivity contribution < 1.29 is 18.7 Å². The third kappa shape index (κ3) is 8.09. The number of carbonyl (C=O) groups is 2. The molecular formula is C22H29ClFNO3. The van der Waals surface area contributed by atoms with Gasteiger partial charge in [0.15, 0.2) is 0 Å². The molecule has 1 amide bonds. The van der Waals surface area contributed by atoms with E-state index in [1.54, 1.807) is 13.0 Å². The molecule has 2 aromatic carbocycles. The number of halogens is 2. The Morgan fingerprint density at radius 1 is 1.07 bits per heavy atom. The van der Waals surface area contributed by atoms with Gasteiger partial charge in [-0.2, -0.15) is 0 Å². The molecule has 4 nitrogen and oxygen atoms in total. The van der Waals surface area contributed by atoms with Gasteiger partial charge in [-0.05, 0) is 37.6 Å². The van der Waals surface area contributed by atoms with Gasteiger partial charge < -0.3 is 10.1 Å². The van der Waals surface area contributed by atoms with Crippen LogP contribution in [0.3, 0.4) is 0 Å². The Morgan fingerprint density at radius 2 is 1.68 bits per heavy atom. The van der Waals surface area contributed by atoms with Crippen LogP contribution in [0, 0.1) is 19.7 Å². The molecule has 0 aliphatic heterocycles.